The van der Waals surface area contributed by atoms with Crippen molar-refractivity contribution < 1.29 is 24.2 Å². The van der Waals surface area contributed by atoms with Crippen molar-refractivity contribution in [2.45, 2.75) is 26.5 Å². The third-order valence-corrected chi connectivity index (χ3v) is 6.50. The van der Waals surface area contributed by atoms with Crippen molar-refractivity contribution in [2.24, 2.45) is 0 Å². The second-order valence-corrected chi connectivity index (χ2v) is 9.56. The van der Waals surface area contributed by atoms with Gasteiger partial charge in [0.25, 0.3) is 11.7 Å². The fourth-order valence-electron chi connectivity index (χ4n) is 4.56. The van der Waals surface area contributed by atoms with Crippen LogP contribution in [0.15, 0.2) is 78.4 Å². The van der Waals surface area contributed by atoms with E-state index in [9.17, 15) is 14.7 Å². The average Bonchev–Trinajstić information content (AvgIpc) is 3.16. The number of hydrogen-bond donors (Lipinski definition) is 1. The minimum atomic E-state index is -0.732. The van der Waals surface area contributed by atoms with E-state index in [1.807, 2.05) is 87.4 Å². The number of ether oxygens (including phenoxy) is 2. The third-order valence-electron chi connectivity index (χ3n) is 6.50. The summed E-state index contributed by atoms with van der Waals surface area (Å²) in [6.07, 6.45) is 0. The largest absolute Gasteiger partial charge is 0.507 e. The number of benzene rings is 3. The van der Waals surface area contributed by atoms with Crippen LogP contribution in [0.1, 0.15) is 35.2 Å². The molecule has 0 aliphatic carbocycles. The topological polar surface area (TPSA) is 79.3 Å². The van der Waals surface area contributed by atoms with Crippen LogP contribution in [-0.2, 0) is 16.2 Å². The number of Topliss-reactive ketones (excluding diaryl/α,β-unsaturated/α-hetero) is 1. The van der Waals surface area contributed by atoms with Gasteiger partial charge < -0.3 is 24.4 Å². The first-order valence-electron chi connectivity index (χ1n) is 12.7. The van der Waals surface area contributed by atoms with Crippen molar-refractivity contribution in [1.82, 2.24) is 9.80 Å². The lowest BCUT2D eigenvalue weighted by Gasteiger charge is -2.27. The van der Waals surface area contributed by atoms with Crippen LogP contribution in [0.5, 0.6) is 11.5 Å². The summed E-state index contributed by atoms with van der Waals surface area (Å²) in [5.74, 6) is -0.216. The zero-order valence-corrected chi connectivity index (χ0v) is 22.3. The molecule has 1 amide bonds. The van der Waals surface area contributed by atoms with Gasteiger partial charge in [0, 0.05) is 18.7 Å². The van der Waals surface area contributed by atoms with E-state index in [0.717, 1.165) is 11.1 Å². The van der Waals surface area contributed by atoms with E-state index in [-0.39, 0.29) is 11.3 Å². The summed E-state index contributed by atoms with van der Waals surface area (Å²) in [6.45, 7) is 5.59. The number of likely N-dealkylation sites (N-methyl/N-ethyl adjacent to an activating group) is 1. The number of aliphatic hydroxyl groups is 1. The minimum Gasteiger partial charge on any atom is -0.507 e. The number of hydrogen-bond acceptors (Lipinski definition) is 6. The van der Waals surface area contributed by atoms with Gasteiger partial charge in [-0.15, -0.1) is 0 Å². The number of aliphatic hydroxyl groups excluding tert-OH is 1. The van der Waals surface area contributed by atoms with Gasteiger partial charge in [-0.05, 0) is 75.0 Å². The standard InChI is InChI=1S/C31H34N2O5/c1-5-37-25-13-9-12-23(19-25)28-27(30(35)31(36)33(28)17-16-32(3)4)29(34)24-14-15-26(21(2)18-24)38-20-22-10-7-6-8-11-22/h6-15,18-19,28,34H,5,16-17,20H2,1-4H3/b29-27+. The van der Waals surface area contributed by atoms with E-state index in [2.05, 4.69) is 0 Å². The Hall–Kier alpha value is -4.10. The maximum Gasteiger partial charge on any atom is 0.295 e. The van der Waals surface area contributed by atoms with E-state index in [1.165, 1.54) is 4.90 Å². The Labute approximate surface area is 223 Å². The quantitative estimate of drug-likeness (QED) is 0.234. The number of likely N-dealkylation sites (tertiary alicyclic amines) is 1. The fraction of sp³-hybridized carbons (Fsp3) is 0.290. The lowest BCUT2D eigenvalue weighted by molar-refractivity contribution is -0.140. The van der Waals surface area contributed by atoms with Crippen molar-refractivity contribution in [3.63, 3.8) is 0 Å². The molecule has 0 bridgehead atoms. The second-order valence-electron chi connectivity index (χ2n) is 9.56. The molecule has 1 aliphatic rings. The second kappa shape index (κ2) is 12.0. The minimum absolute atomic E-state index is 0.0692. The van der Waals surface area contributed by atoms with Gasteiger partial charge in [0.05, 0.1) is 18.2 Å². The number of nitrogens with zero attached hydrogens (tertiary/aromatic N) is 2. The molecule has 1 saturated heterocycles. The van der Waals surface area contributed by atoms with E-state index < -0.39 is 17.7 Å². The molecule has 198 valence electrons. The van der Waals surface area contributed by atoms with Crippen LogP contribution >= 0.6 is 0 Å². The van der Waals surface area contributed by atoms with E-state index in [1.54, 1.807) is 18.2 Å². The van der Waals surface area contributed by atoms with Gasteiger partial charge in [0.1, 0.15) is 23.9 Å². The number of carbonyl (C=O) groups excluding carboxylic acids is 2. The number of ketones is 1. The van der Waals surface area contributed by atoms with Crippen molar-refractivity contribution >= 4 is 17.4 Å². The molecule has 1 aliphatic heterocycles. The number of carbonyl (C=O) groups is 2. The summed E-state index contributed by atoms with van der Waals surface area (Å²) >= 11 is 0. The molecular formula is C31H34N2O5. The lowest BCUT2D eigenvalue weighted by Crippen LogP contribution is -2.35. The first kappa shape index (κ1) is 26.9. The highest BCUT2D eigenvalue weighted by Gasteiger charge is 2.46. The Morgan fingerprint density at radius 1 is 0.974 bits per heavy atom. The molecule has 1 heterocycles. The predicted octanol–water partition coefficient (Wildman–Crippen LogP) is 4.96. The van der Waals surface area contributed by atoms with Gasteiger partial charge in [0.15, 0.2) is 0 Å². The molecule has 0 aromatic heterocycles. The highest BCUT2D eigenvalue weighted by molar-refractivity contribution is 6.46. The Bertz CT molecular complexity index is 1330. The van der Waals surface area contributed by atoms with Gasteiger partial charge in [-0.2, -0.15) is 0 Å². The SMILES string of the molecule is CCOc1cccc(C2/C(=C(\O)c3ccc(OCc4ccccc4)c(C)c3)C(=O)C(=O)N2CCN(C)C)c1. The number of amides is 1. The summed E-state index contributed by atoms with van der Waals surface area (Å²) in [5.41, 5.74) is 3.08. The van der Waals surface area contributed by atoms with Gasteiger partial charge in [0.2, 0.25) is 0 Å². The molecule has 3 aromatic carbocycles. The molecular weight excluding hydrogens is 480 g/mol. The summed E-state index contributed by atoms with van der Waals surface area (Å²) < 4.78 is 11.6. The molecule has 3 aromatic rings. The summed E-state index contributed by atoms with van der Waals surface area (Å²) in [4.78, 5) is 29.9. The Balaban J connectivity index is 1.71. The summed E-state index contributed by atoms with van der Waals surface area (Å²) in [6, 6.07) is 21.7. The zero-order chi connectivity index (χ0) is 27.2. The predicted molar refractivity (Wildman–Crippen MR) is 147 cm³/mol. The van der Waals surface area contributed by atoms with Crippen molar-refractivity contribution in [3.8, 4) is 11.5 Å². The molecule has 1 unspecified atom stereocenters. The monoisotopic (exact) mass is 514 g/mol. The first-order valence-corrected chi connectivity index (χ1v) is 12.7. The van der Waals surface area contributed by atoms with Gasteiger partial charge in [-0.25, -0.2) is 0 Å². The fourth-order valence-corrected chi connectivity index (χ4v) is 4.56. The van der Waals surface area contributed by atoms with Crippen LogP contribution in [0.4, 0.5) is 0 Å². The Morgan fingerprint density at radius 2 is 1.74 bits per heavy atom. The van der Waals surface area contributed by atoms with Gasteiger partial charge >= 0.3 is 0 Å². The molecule has 1 fully saturated rings. The summed E-state index contributed by atoms with van der Waals surface area (Å²) in [5, 5.41) is 11.4. The normalized spacial score (nSPS) is 16.8. The van der Waals surface area contributed by atoms with Crippen molar-refractivity contribution in [3.05, 3.63) is 101 Å². The van der Waals surface area contributed by atoms with Crippen molar-refractivity contribution in [2.75, 3.05) is 33.8 Å². The lowest BCUT2D eigenvalue weighted by atomic mass is 9.94. The molecule has 4 rings (SSSR count). The summed E-state index contributed by atoms with van der Waals surface area (Å²) in [7, 11) is 3.82. The van der Waals surface area contributed by atoms with Gasteiger partial charge in [-0.1, -0.05) is 42.5 Å². The molecule has 7 nitrogen and oxygen atoms in total. The van der Waals surface area contributed by atoms with Crippen LogP contribution in [0, 0.1) is 6.92 Å². The number of rotatable bonds is 10. The maximum absolute atomic E-state index is 13.3. The van der Waals surface area contributed by atoms with Crippen molar-refractivity contribution in [1.29, 1.82) is 0 Å². The molecule has 1 N–H and O–H groups in total. The molecule has 38 heavy (non-hydrogen) atoms. The first-order chi connectivity index (χ1) is 18.3. The molecule has 7 heteroatoms. The smallest absolute Gasteiger partial charge is 0.295 e. The van der Waals surface area contributed by atoms with Crippen LogP contribution in [0.25, 0.3) is 5.76 Å². The molecule has 1 atom stereocenters. The molecule has 0 radical (unpaired) electrons. The molecule has 0 saturated carbocycles. The van der Waals surface area contributed by atoms with Crippen LogP contribution < -0.4 is 9.47 Å². The van der Waals surface area contributed by atoms with E-state index in [0.29, 0.717) is 48.9 Å². The van der Waals surface area contributed by atoms with Gasteiger partial charge in [-0.3, -0.25) is 9.59 Å². The maximum atomic E-state index is 13.3. The highest BCUT2D eigenvalue weighted by Crippen LogP contribution is 2.40. The van der Waals surface area contributed by atoms with Crippen LogP contribution in [-0.4, -0.2) is 60.4 Å². The average molecular weight is 515 g/mol. The zero-order valence-electron chi connectivity index (χ0n) is 22.3. The van der Waals surface area contributed by atoms with E-state index in [4.69, 9.17) is 9.47 Å². The molecule has 0 spiro atoms. The van der Waals surface area contributed by atoms with Crippen LogP contribution in [0.2, 0.25) is 0 Å². The van der Waals surface area contributed by atoms with E-state index >= 15 is 0 Å². The Morgan fingerprint density at radius 3 is 2.42 bits per heavy atom. The third kappa shape index (κ3) is 5.89. The highest BCUT2D eigenvalue weighted by atomic mass is 16.5. The number of aryl methyl sites for hydroxylation is 1. The van der Waals surface area contributed by atoms with Crippen LogP contribution in [0.3, 0.4) is 0 Å². The Kier molecular flexibility index (Phi) is 8.48.